The molecule has 0 aromatic carbocycles. The van der Waals surface area contributed by atoms with Crippen molar-refractivity contribution in [1.29, 1.82) is 0 Å². The Morgan fingerprint density at radius 2 is 2.07 bits per heavy atom. The molecule has 2 aromatic heterocycles. The fourth-order valence-electron chi connectivity index (χ4n) is 2.26. The molecule has 0 unspecified atom stereocenters. The summed E-state index contributed by atoms with van der Waals surface area (Å²) in [5.41, 5.74) is -0.553. The van der Waals surface area contributed by atoms with Gasteiger partial charge in [0.25, 0.3) is 0 Å². The van der Waals surface area contributed by atoms with E-state index in [9.17, 15) is 28.1 Å². The van der Waals surface area contributed by atoms with E-state index < -0.39 is 16.8 Å². The molecular weight excluding hydrogens is 437 g/mol. The zero-order chi connectivity index (χ0) is 20.2. The van der Waals surface area contributed by atoms with Gasteiger partial charge in [0, 0.05) is 25.2 Å². The monoisotopic (exact) mass is 452 g/mol. The maximum Gasteiger partial charge on any atom is 0.435 e. The van der Waals surface area contributed by atoms with Crippen LogP contribution in [0.3, 0.4) is 0 Å². The molecule has 0 atom stereocenters. The van der Waals surface area contributed by atoms with Crippen LogP contribution in [0.5, 0.6) is 0 Å². The van der Waals surface area contributed by atoms with Gasteiger partial charge in [0.2, 0.25) is 5.91 Å². The molecule has 0 aliphatic carbocycles. The smallest absolute Gasteiger partial charge is 0.358 e. The van der Waals surface area contributed by atoms with Crippen LogP contribution in [0.2, 0.25) is 0 Å². The van der Waals surface area contributed by atoms with E-state index >= 15 is 0 Å². The Morgan fingerprint density at radius 3 is 2.63 bits per heavy atom. The van der Waals surface area contributed by atoms with Gasteiger partial charge in [-0.05, 0) is 40.3 Å². The van der Waals surface area contributed by atoms with Gasteiger partial charge in [-0.1, -0.05) is 0 Å². The first kappa shape index (κ1) is 20.9. The molecule has 0 aliphatic heterocycles. The summed E-state index contributed by atoms with van der Waals surface area (Å²) < 4.78 is 40.5. The van der Waals surface area contributed by atoms with Gasteiger partial charge in [0.1, 0.15) is 4.47 Å². The standard InChI is InChI=1S/C14H16BrF3N6O3/c1-9-7-11(14(16,17)18)20-23(9)5-2-4-19-12(25)3-6-22-8-10(15)13(21-22)24(26)27/h7-8H,2-6H2,1H3,(H,19,25). The van der Waals surface area contributed by atoms with Crippen molar-refractivity contribution in [2.24, 2.45) is 0 Å². The predicted octanol–water partition coefficient (Wildman–Crippen LogP) is 2.67. The molecule has 0 bridgehead atoms. The number of hydrogen-bond acceptors (Lipinski definition) is 5. The van der Waals surface area contributed by atoms with Crippen LogP contribution in [0.25, 0.3) is 0 Å². The van der Waals surface area contributed by atoms with Crippen LogP contribution in [0.1, 0.15) is 24.2 Å². The van der Waals surface area contributed by atoms with Crippen molar-refractivity contribution in [3.05, 3.63) is 38.2 Å². The first-order chi connectivity index (χ1) is 12.6. The maximum absolute atomic E-state index is 12.6. The highest BCUT2D eigenvalue weighted by molar-refractivity contribution is 9.10. The number of hydrogen-bond donors (Lipinski definition) is 1. The molecule has 0 saturated carbocycles. The molecule has 1 amide bonds. The number of aromatic nitrogens is 4. The molecule has 2 aromatic rings. The summed E-state index contributed by atoms with van der Waals surface area (Å²) in [6.07, 6.45) is -2.61. The summed E-state index contributed by atoms with van der Waals surface area (Å²) in [5, 5.41) is 20.6. The second-order valence-electron chi connectivity index (χ2n) is 5.67. The van der Waals surface area contributed by atoms with Crippen molar-refractivity contribution in [2.75, 3.05) is 6.54 Å². The van der Waals surface area contributed by atoms with E-state index in [1.165, 1.54) is 22.5 Å². The largest absolute Gasteiger partial charge is 0.435 e. The van der Waals surface area contributed by atoms with Crippen LogP contribution in [0, 0.1) is 17.0 Å². The molecular formula is C14H16BrF3N6O3. The summed E-state index contributed by atoms with van der Waals surface area (Å²) in [5.74, 6) is -0.624. The van der Waals surface area contributed by atoms with Gasteiger partial charge in [-0.3, -0.25) is 9.48 Å². The number of rotatable bonds is 8. The summed E-state index contributed by atoms with van der Waals surface area (Å²) in [4.78, 5) is 21.8. The summed E-state index contributed by atoms with van der Waals surface area (Å²) in [7, 11) is 0. The van der Waals surface area contributed by atoms with E-state index in [4.69, 9.17) is 0 Å². The lowest BCUT2D eigenvalue weighted by atomic mass is 10.3. The van der Waals surface area contributed by atoms with Gasteiger partial charge in [0.05, 0.1) is 17.8 Å². The first-order valence-corrected chi connectivity index (χ1v) is 8.63. The average molecular weight is 453 g/mol. The molecule has 13 heteroatoms. The number of alkyl halides is 3. The lowest BCUT2D eigenvalue weighted by molar-refractivity contribution is -0.390. The SMILES string of the molecule is Cc1cc(C(F)(F)F)nn1CCCNC(=O)CCn1cc(Br)c([N+](=O)[O-])n1. The second-order valence-corrected chi connectivity index (χ2v) is 6.52. The van der Waals surface area contributed by atoms with Crippen LogP contribution in [-0.2, 0) is 24.1 Å². The fraction of sp³-hybridized carbons (Fsp3) is 0.500. The van der Waals surface area contributed by atoms with Gasteiger partial charge in [-0.25, -0.2) is 0 Å². The molecule has 0 fully saturated rings. The third-order valence-electron chi connectivity index (χ3n) is 3.58. The summed E-state index contributed by atoms with van der Waals surface area (Å²) in [6, 6.07) is 0.972. The molecule has 27 heavy (non-hydrogen) atoms. The third kappa shape index (κ3) is 5.77. The molecule has 2 rings (SSSR count). The number of amides is 1. The van der Waals surface area contributed by atoms with Crippen molar-refractivity contribution in [3.8, 4) is 0 Å². The van der Waals surface area contributed by atoms with E-state index in [-0.39, 0.29) is 42.3 Å². The zero-order valence-electron chi connectivity index (χ0n) is 14.2. The number of halogens is 4. The Kier molecular flexibility index (Phi) is 6.57. The number of nitrogens with zero attached hydrogens (tertiary/aromatic N) is 5. The Labute approximate surface area is 159 Å². The number of aryl methyl sites for hydroxylation is 3. The maximum atomic E-state index is 12.6. The van der Waals surface area contributed by atoms with Crippen molar-refractivity contribution in [3.63, 3.8) is 0 Å². The van der Waals surface area contributed by atoms with Crippen molar-refractivity contribution in [2.45, 2.75) is 39.0 Å². The van der Waals surface area contributed by atoms with E-state index in [1.807, 2.05) is 0 Å². The normalized spacial score (nSPS) is 11.6. The van der Waals surface area contributed by atoms with Crippen LogP contribution in [0.15, 0.2) is 16.7 Å². The summed E-state index contributed by atoms with van der Waals surface area (Å²) in [6.45, 7) is 2.19. The van der Waals surface area contributed by atoms with Gasteiger partial charge in [-0.15, -0.1) is 0 Å². The Bertz CT molecular complexity index is 833. The lowest BCUT2D eigenvalue weighted by Crippen LogP contribution is -2.26. The predicted molar refractivity (Wildman–Crippen MR) is 90.8 cm³/mol. The quantitative estimate of drug-likeness (QED) is 0.376. The molecule has 148 valence electrons. The van der Waals surface area contributed by atoms with Crippen LogP contribution >= 0.6 is 15.9 Å². The first-order valence-electron chi connectivity index (χ1n) is 7.83. The molecule has 9 nitrogen and oxygen atoms in total. The van der Waals surface area contributed by atoms with Crippen LogP contribution in [-0.4, -0.2) is 36.9 Å². The van der Waals surface area contributed by atoms with Gasteiger partial charge >= 0.3 is 12.0 Å². The van der Waals surface area contributed by atoms with Crippen molar-refractivity contribution < 1.29 is 22.9 Å². The van der Waals surface area contributed by atoms with E-state index in [0.717, 1.165) is 6.07 Å². The molecule has 0 aliphatic rings. The van der Waals surface area contributed by atoms with E-state index in [1.54, 1.807) is 0 Å². The van der Waals surface area contributed by atoms with Crippen molar-refractivity contribution >= 4 is 27.7 Å². The number of nitro groups is 1. The van der Waals surface area contributed by atoms with Gasteiger partial charge in [-0.2, -0.15) is 23.0 Å². The van der Waals surface area contributed by atoms with Gasteiger partial charge < -0.3 is 15.4 Å². The highest BCUT2D eigenvalue weighted by atomic mass is 79.9. The number of carbonyl (C=O) groups excluding carboxylic acids is 1. The highest BCUT2D eigenvalue weighted by Crippen LogP contribution is 2.28. The minimum atomic E-state index is -4.49. The Balaban J connectivity index is 1.73. The molecule has 1 N–H and O–H groups in total. The molecule has 0 radical (unpaired) electrons. The minimum absolute atomic E-state index is 0.0598. The topological polar surface area (TPSA) is 108 Å². The van der Waals surface area contributed by atoms with Crippen LogP contribution < -0.4 is 5.32 Å². The number of carbonyl (C=O) groups is 1. The highest BCUT2D eigenvalue weighted by Gasteiger charge is 2.34. The lowest BCUT2D eigenvalue weighted by Gasteiger charge is -2.06. The molecule has 0 saturated heterocycles. The Morgan fingerprint density at radius 1 is 1.37 bits per heavy atom. The minimum Gasteiger partial charge on any atom is -0.358 e. The number of nitrogens with one attached hydrogen (secondary N) is 1. The van der Waals surface area contributed by atoms with Crippen molar-refractivity contribution in [1.82, 2.24) is 24.9 Å². The third-order valence-corrected chi connectivity index (χ3v) is 4.14. The Hall–Kier alpha value is -2.44. The zero-order valence-corrected chi connectivity index (χ0v) is 15.7. The second kappa shape index (κ2) is 8.50. The fourth-order valence-corrected chi connectivity index (χ4v) is 2.72. The summed E-state index contributed by atoms with van der Waals surface area (Å²) >= 11 is 3.01. The van der Waals surface area contributed by atoms with E-state index in [2.05, 4.69) is 31.4 Å². The van der Waals surface area contributed by atoms with Crippen LogP contribution in [0.4, 0.5) is 19.0 Å². The van der Waals surface area contributed by atoms with E-state index in [0.29, 0.717) is 12.1 Å². The molecule has 2 heterocycles. The molecule has 0 spiro atoms. The average Bonchev–Trinajstić information content (AvgIpc) is 3.12. The van der Waals surface area contributed by atoms with Gasteiger partial charge in [0.15, 0.2) is 5.69 Å².